The lowest BCUT2D eigenvalue weighted by Crippen LogP contribution is -2.35. The van der Waals surface area contributed by atoms with Crippen molar-refractivity contribution >= 4 is 6.09 Å². The number of carbonyl (C=O) groups is 1. The van der Waals surface area contributed by atoms with Crippen molar-refractivity contribution in [1.82, 2.24) is 5.32 Å². The highest BCUT2D eigenvalue weighted by Gasteiger charge is 2.14. The fraction of sp³-hybridized carbons (Fsp3) is 0.632. The number of aliphatic hydroxyl groups is 1. The molecule has 1 aromatic rings. The van der Waals surface area contributed by atoms with Gasteiger partial charge < -0.3 is 15.2 Å². The Morgan fingerprint density at radius 2 is 1.87 bits per heavy atom. The maximum Gasteiger partial charge on any atom is 0.407 e. The van der Waals surface area contributed by atoms with Crippen LogP contribution in [0.5, 0.6) is 0 Å². The van der Waals surface area contributed by atoms with Gasteiger partial charge in [-0.2, -0.15) is 0 Å². The summed E-state index contributed by atoms with van der Waals surface area (Å²) >= 11 is 0. The van der Waals surface area contributed by atoms with Crippen molar-refractivity contribution in [2.24, 2.45) is 0 Å². The van der Waals surface area contributed by atoms with Crippen LogP contribution in [0.1, 0.15) is 64.4 Å². The molecule has 130 valence electrons. The molecule has 4 nitrogen and oxygen atoms in total. The Morgan fingerprint density at radius 3 is 2.52 bits per heavy atom. The lowest BCUT2D eigenvalue weighted by Gasteiger charge is -2.19. The van der Waals surface area contributed by atoms with E-state index in [0.29, 0.717) is 6.42 Å². The molecule has 0 aliphatic heterocycles. The van der Waals surface area contributed by atoms with Crippen LogP contribution in [-0.2, 0) is 11.3 Å². The van der Waals surface area contributed by atoms with Gasteiger partial charge >= 0.3 is 6.09 Å². The highest BCUT2D eigenvalue weighted by atomic mass is 16.5. The van der Waals surface area contributed by atoms with Crippen molar-refractivity contribution in [2.75, 3.05) is 0 Å². The van der Waals surface area contributed by atoms with E-state index in [2.05, 4.69) is 12.2 Å². The van der Waals surface area contributed by atoms with Gasteiger partial charge in [0.25, 0.3) is 0 Å². The van der Waals surface area contributed by atoms with Crippen LogP contribution >= 0.6 is 0 Å². The monoisotopic (exact) mass is 321 g/mol. The molecule has 0 fully saturated rings. The quantitative estimate of drug-likeness (QED) is 0.593. The van der Waals surface area contributed by atoms with E-state index in [9.17, 15) is 9.90 Å². The molecular weight excluding hydrogens is 290 g/mol. The molecule has 0 saturated heterocycles. The first-order valence-electron chi connectivity index (χ1n) is 8.77. The molecule has 2 N–H and O–H groups in total. The second-order valence-corrected chi connectivity index (χ2v) is 6.18. The standard InChI is InChI=1S/C19H31NO3/c1-3-4-5-9-12-18(14-13-16(2)21)20-19(22)23-15-17-10-7-6-8-11-17/h6-8,10-11,16,18,21H,3-5,9,12-15H2,1-2H3,(H,20,22). The summed E-state index contributed by atoms with van der Waals surface area (Å²) in [6.45, 7) is 4.25. The lowest BCUT2D eigenvalue weighted by atomic mass is 10.0. The molecule has 2 unspecified atom stereocenters. The molecule has 0 aliphatic rings. The fourth-order valence-electron chi connectivity index (χ4n) is 2.48. The molecule has 0 aromatic heterocycles. The molecule has 1 rings (SSSR count). The molecule has 1 amide bonds. The summed E-state index contributed by atoms with van der Waals surface area (Å²) in [6, 6.07) is 9.73. The topological polar surface area (TPSA) is 58.6 Å². The Balaban J connectivity index is 2.35. The van der Waals surface area contributed by atoms with E-state index in [0.717, 1.165) is 24.8 Å². The van der Waals surface area contributed by atoms with Gasteiger partial charge in [0.15, 0.2) is 0 Å². The number of ether oxygens (including phenoxy) is 1. The Kier molecular flexibility index (Phi) is 10.1. The Labute approximate surface area is 140 Å². The van der Waals surface area contributed by atoms with Gasteiger partial charge in [0, 0.05) is 6.04 Å². The number of rotatable bonds is 11. The molecule has 0 spiro atoms. The van der Waals surface area contributed by atoms with Gasteiger partial charge in [-0.3, -0.25) is 0 Å². The molecule has 2 atom stereocenters. The van der Waals surface area contributed by atoms with E-state index in [1.807, 2.05) is 30.3 Å². The highest BCUT2D eigenvalue weighted by Crippen LogP contribution is 2.12. The third kappa shape index (κ3) is 9.95. The predicted octanol–water partition coefficient (Wildman–Crippen LogP) is 4.41. The van der Waals surface area contributed by atoms with Gasteiger partial charge in [0.2, 0.25) is 0 Å². The van der Waals surface area contributed by atoms with Crippen molar-refractivity contribution in [3.05, 3.63) is 35.9 Å². The Morgan fingerprint density at radius 1 is 1.13 bits per heavy atom. The van der Waals surface area contributed by atoms with E-state index in [1.54, 1.807) is 6.92 Å². The maximum absolute atomic E-state index is 12.0. The van der Waals surface area contributed by atoms with E-state index >= 15 is 0 Å². The molecule has 0 saturated carbocycles. The number of hydrogen-bond acceptors (Lipinski definition) is 3. The largest absolute Gasteiger partial charge is 0.445 e. The van der Waals surface area contributed by atoms with Crippen molar-refractivity contribution in [2.45, 2.75) is 77.5 Å². The van der Waals surface area contributed by atoms with Crippen LogP contribution < -0.4 is 5.32 Å². The molecule has 0 radical (unpaired) electrons. The number of carbonyl (C=O) groups excluding carboxylic acids is 1. The average molecular weight is 321 g/mol. The van der Waals surface area contributed by atoms with E-state index in [1.165, 1.54) is 19.3 Å². The summed E-state index contributed by atoms with van der Waals surface area (Å²) in [5.41, 5.74) is 0.978. The summed E-state index contributed by atoms with van der Waals surface area (Å²) in [5.74, 6) is 0. The minimum atomic E-state index is -0.375. The molecule has 23 heavy (non-hydrogen) atoms. The first-order chi connectivity index (χ1) is 11.1. The van der Waals surface area contributed by atoms with Crippen LogP contribution in [0.25, 0.3) is 0 Å². The van der Waals surface area contributed by atoms with Gasteiger partial charge in [0.05, 0.1) is 6.10 Å². The van der Waals surface area contributed by atoms with Gasteiger partial charge in [-0.1, -0.05) is 62.9 Å². The van der Waals surface area contributed by atoms with Crippen molar-refractivity contribution in [3.63, 3.8) is 0 Å². The summed E-state index contributed by atoms with van der Waals surface area (Å²) < 4.78 is 5.28. The zero-order valence-corrected chi connectivity index (χ0v) is 14.5. The van der Waals surface area contributed by atoms with Gasteiger partial charge in [-0.25, -0.2) is 4.79 Å². The van der Waals surface area contributed by atoms with E-state index < -0.39 is 0 Å². The van der Waals surface area contributed by atoms with Crippen LogP contribution in [0.4, 0.5) is 4.79 Å². The van der Waals surface area contributed by atoms with Crippen LogP contribution in [0.3, 0.4) is 0 Å². The molecular formula is C19H31NO3. The number of unbranched alkanes of at least 4 members (excludes halogenated alkanes) is 3. The van der Waals surface area contributed by atoms with Gasteiger partial charge in [-0.15, -0.1) is 0 Å². The lowest BCUT2D eigenvalue weighted by molar-refractivity contribution is 0.130. The predicted molar refractivity (Wildman–Crippen MR) is 93.2 cm³/mol. The van der Waals surface area contributed by atoms with E-state index in [-0.39, 0.29) is 24.8 Å². The maximum atomic E-state index is 12.0. The Bertz CT molecular complexity index is 420. The smallest absolute Gasteiger partial charge is 0.407 e. The second kappa shape index (κ2) is 11.9. The number of aliphatic hydroxyl groups excluding tert-OH is 1. The normalized spacial score (nSPS) is 13.3. The van der Waals surface area contributed by atoms with Crippen molar-refractivity contribution in [3.8, 4) is 0 Å². The minimum Gasteiger partial charge on any atom is -0.445 e. The molecule has 0 bridgehead atoms. The summed E-state index contributed by atoms with van der Waals surface area (Å²) in [6.07, 6.45) is 6.40. The number of hydrogen-bond donors (Lipinski definition) is 2. The SMILES string of the molecule is CCCCCCC(CCC(C)O)NC(=O)OCc1ccccc1. The minimum absolute atomic E-state index is 0.0738. The van der Waals surface area contributed by atoms with Crippen molar-refractivity contribution in [1.29, 1.82) is 0 Å². The third-order valence-electron chi connectivity index (χ3n) is 3.87. The van der Waals surface area contributed by atoms with Crippen LogP contribution in [0.15, 0.2) is 30.3 Å². The number of amides is 1. The molecule has 4 heteroatoms. The number of benzene rings is 1. The first kappa shape index (κ1) is 19.5. The number of alkyl carbamates (subject to hydrolysis) is 1. The van der Waals surface area contributed by atoms with Gasteiger partial charge in [0.1, 0.15) is 6.61 Å². The second-order valence-electron chi connectivity index (χ2n) is 6.18. The Hall–Kier alpha value is -1.55. The van der Waals surface area contributed by atoms with Crippen LogP contribution in [-0.4, -0.2) is 23.3 Å². The zero-order chi connectivity index (χ0) is 16.9. The summed E-state index contributed by atoms with van der Waals surface area (Å²) in [5, 5.41) is 12.4. The van der Waals surface area contributed by atoms with Crippen LogP contribution in [0, 0.1) is 0 Å². The van der Waals surface area contributed by atoms with E-state index in [4.69, 9.17) is 4.74 Å². The molecule has 0 aliphatic carbocycles. The molecule has 0 heterocycles. The third-order valence-corrected chi connectivity index (χ3v) is 3.87. The summed E-state index contributed by atoms with van der Waals surface area (Å²) in [4.78, 5) is 12.0. The van der Waals surface area contributed by atoms with Crippen molar-refractivity contribution < 1.29 is 14.6 Å². The number of nitrogens with one attached hydrogen (secondary N) is 1. The van der Waals surface area contributed by atoms with Crippen LogP contribution in [0.2, 0.25) is 0 Å². The zero-order valence-electron chi connectivity index (χ0n) is 14.5. The fourth-order valence-corrected chi connectivity index (χ4v) is 2.48. The average Bonchev–Trinajstić information content (AvgIpc) is 2.55. The molecule has 1 aromatic carbocycles. The first-order valence-corrected chi connectivity index (χ1v) is 8.77. The van der Waals surface area contributed by atoms with Gasteiger partial charge in [-0.05, 0) is 31.7 Å². The summed E-state index contributed by atoms with van der Waals surface area (Å²) in [7, 11) is 0. The highest BCUT2D eigenvalue weighted by molar-refractivity contribution is 5.67.